The van der Waals surface area contributed by atoms with Crippen molar-refractivity contribution in [3.05, 3.63) is 0 Å². The quantitative estimate of drug-likeness (QED) is 0.729. The van der Waals surface area contributed by atoms with E-state index in [2.05, 4.69) is 5.32 Å². The van der Waals surface area contributed by atoms with Crippen LogP contribution in [0.4, 0.5) is 4.79 Å². The average Bonchev–Trinajstić information content (AvgIpc) is 2.63. The van der Waals surface area contributed by atoms with Gasteiger partial charge < -0.3 is 5.73 Å². The number of barbiturate groups is 1. The van der Waals surface area contributed by atoms with Crippen molar-refractivity contribution in [3.8, 4) is 0 Å². The van der Waals surface area contributed by atoms with Crippen molar-refractivity contribution in [1.82, 2.24) is 10.2 Å². The standard InChI is InChI=1S/C14H21N3O4/c1-13(2,9(15)18)17-11(20)14(10(19)16-12(17)21)7-5-3-4-6-8-14/h3-8H2,1-2H3,(H2,15,18)(H,16,19,21). The Balaban J connectivity index is 2.45. The molecule has 0 aromatic heterocycles. The second-order valence-corrected chi connectivity index (χ2v) is 6.32. The van der Waals surface area contributed by atoms with Crippen LogP contribution in [0.2, 0.25) is 0 Å². The van der Waals surface area contributed by atoms with Gasteiger partial charge in [-0.1, -0.05) is 25.7 Å². The van der Waals surface area contributed by atoms with Gasteiger partial charge in [-0.25, -0.2) is 9.69 Å². The zero-order valence-corrected chi connectivity index (χ0v) is 12.4. The number of primary amides is 1. The van der Waals surface area contributed by atoms with Crippen LogP contribution in [-0.4, -0.2) is 34.2 Å². The van der Waals surface area contributed by atoms with E-state index >= 15 is 0 Å². The molecule has 7 heteroatoms. The third kappa shape index (κ3) is 2.30. The van der Waals surface area contributed by atoms with Gasteiger partial charge in [-0.05, 0) is 26.7 Å². The van der Waals surface area contributed by atoms with Crippen molar-refractivity contribution in [2.24, 2.45) is 11.1 Å². The van der Waals surface area contributed by atoms with Crippen LogP contribution in [0.25, 0.3) is 0 Å². The van der Waals surface area contributed by atoms with Gasteiger partial charge in [-0.3, -0.25) is 19.7 Å². The highest BCUT2D eigenvalue weighted by molar-refractivity contribution is 6.20. The Morgan fingerprint density at radius 1 is 1.14 bits per heavy atom. The lowest BCUT2D eigenvalue weighted by molar-refractivity contribution is -0.158. The van der Waals surface area contributed by atoms with Gasteiger partial charge in [0.05, 0.1) is 0 Å². The Morgan fingerprint density at radius 3 is 2.14 bits per heavy atom. The third-order valence-corrected chi connectivity index (χ3v) is 4.59. The Kier molecular flexibility index (Phi) is 3.78. The number of hydrogen-bond acceptors (Lipinski definition) is 4. The van der Waals surface area contributed by atoms with Crippen molar-refractivity contribution >= 4 is 23.8 Å². The van der Waals surface area contributed by atoms with Gasteiger partial charge in [-0.2, -0.15) is 0 Å². The molecule has 7 nitrogen and oxygen atoms in total. The first-order chi connectivity index (χ1) is 9.73. The summed E-state index contributed by atoms with van der Waals surface area (Å²) in [5.74, 6) is -1.93. The van der Waals surface area contributed by atoms with Gasteiger partial charge in [0.2, 0.25) is 17.7 Å². The van der Waals surface area contributed by atoms with Crippen molar-refractivity contribution in [2.75, 3.05) is 0 Å². The lowest BCUT2D eigenvalue weighted by Crippen LogP contribution is -2.70. The predicted octanol–water partition coefficient (Wildman–Crippen LogP) is 0.669. The molecule has 116 valence electrons. The first-order valence-electron chi connectivity index (χ1n) is 7.23. The number of nitrogens with two attached hydrogens (primary N) is 1. The molecule has 2 aliphatic rings. The van der Waals surface area contributed by atoms with Crippen LogP contribution in [-0.2, 0) is 14.4 Å². The fraction of sp³-hybridized carbons (Fsp3) is 0.714. The summed E-state index contributed by atoms with van der Waals surface area (Å²) >= 11 is 0. The molecule has 1 spiro atoms. The monoisotopic (exact) mass is 295 g/mol. The van der Waals surface area contributed by atoms with E-state index < -0.39 is 34.7 Å². The topological polar surface area (TPSA) is 110 Å². The van der Waals surface area contributed by atoms with E-state index in [9.17, 15) is 19.2 Å². The zero-order chi connectivity index (χ0) is 15.8. The number of hydrogen-bond donors (Lipinski definition) is 2. The molecule has 2 rings (SSSR count). The van der Waals surface area contributed by atoms with E-state index in [1.54, 1.807) is 0 Å². The minimum absolute atomic E-state index is 0.399. The van der Waals surface area contributed by atoms with Crippen LogP contribution in [0.1, 0.15) is 52.4 Å². The number of urea groups is 1. The fourth-order valence-corrected chi connectivity index (χ4v) is 3.07. The molecule has 2 fully saturated rings. The van der Waals surface area contributed by atoms with Crippen molar-refractivity contribution < 1.29 is 19.2 Å². The number of rotatable bonds is 2. The van der Waals surface area contributed by atoms with Crippen LogP contribution >= 0.6 is 0 Å². The average molecular weight is 295 g/mol. The smallest absolute Gasteiger partial charge is 0.331 e. The van der Waals surface area contributed by atoms with Gasteiger partial charge in [0.25, 0.3) is 0 Å². The maximum Gasteiger partial charge on any atom is 0.331 e. The van der Waals surface area contributed by atoms with Crippen molar-refractivity contribution in [3.63, 3.8) is 0 Å². The SMILES string of the molecule is CC(C)(C(N)=O)N1C(=O)NC(=O)C2(CCCCCC2)C1=O. The second kappa shape index (κ2) is 5.13. The van der Waals surface area contributed by atoms with E-state index in [0.717, 1.165) is 30.6 Å². The molecule has 0 aromatic carbocycles. The zero-order valence-electron chi connectivity index (χ0n) is 12.4. The van der Waals surface area contributed by atoms with Crippen LogP contribution in [0.5, 0.6) is 0 Å². The molecule has 0 atom stereocenters. The van der Waals surface area contributed by atoms with E-state index in [1.807, 2.05) is 0 Å². The molecule has 0 bridgehead atoms. The predicted molar refractivity (Wildman–Crippen MR) is 73.8 cm³/mol. The number of carbonyl (C=O) groups excluding carboxylic acids is 4. The van der Waals surface area contributed by atoms with E-state index in [0.29, 0.717) is 12.8 Å². The van der Waals surface area contributed by atoms with E-state index in [-0.39, 0.29) is 0 Å². The summed E-state index contributed by atoms with van der Waals surface area (Å²) in [5, 5.41) is 2.23. The molecule has 0 unspecified atom stereocenters. The number of amides is 5. The molecule has 1 saturated heterocycles. The molecule has 1 saturated carbocycles. The Labute approximate surface area is 123 Å². The lowest BCUT2D eigenvalue weighted by Gasteiger charge is -2.44. The highest BCUT2D eigenvalue weighted by atomic mass is 16.2. The van der Waals surface area contributed by atoms with Crippen LogP contribution in [0.15, 0.2) is 0 Å². The number of nitrogens with one attached hydrogen (secondary N) is 1. The number of carbonyl (C=O) groups is 4. The first kappa shape index (κ1) is 15.5. The molecule has 0 radical (unpaired) electrons. The van der Waals surface area contributed by atoms with Crippen LogP contribution in [0.3, 0.4) is 0 Å². The normalized spacial score (nSPS) is 23.0. The summed E-state index contributed by atoms with van der Waals surface area (Å²) in [6, 6.07) is -0.872. The van der Waals surface area contributed by atoms with E-state index in [1.165, 1.54) is 13.8 Å². The van der Waals surface area contributed by atoms with Gasteiger partial charge >= 0.3 is 6.03 Å². The fourth-order valence-electron chi connectivity index (χ4n) is 3.07. The largest absolute Gasteiger partial charge is 0.368 e. The Morgan fingerprint density at radius 2 is 1.67 bits per heavy atom. The summed E-state index contributed by atoms with van der Waals surface area (Å²) in [7, 11) is 0. The van der Waals surface area contributed by atoms with Gasteiger partial charge in [0, 0.05) is 0 Å². The summed E-state index contributed by atoms with van der Waals surface area (Å²) in [4.78, 5) is 49.6. The second-order valence-electron chi connectivity index (χ2n) is 6.32. The van der Waals surface area contributed by atoms with Crippen LogP contribution in [0, 0.1) is 5.41 Å². The Bertz CT molecular complexity index is 504. The van der Waals surface area contributed by atoms with Crippen molar-refractivity contribution in [1.29, 1.82) is 0 Å². The first-order valence-corrected chi connectivity index (χ1v) is 7.23. The maximum atomic E-state index is 12.9. The molecular formula is C14H21N3O4. The maximum absolute atomic E-state index is 12.9. The minimum atomic E-state index is -1.47. The molecule has 0 aromatic rings. The highest BCUT2D eigenvalue weighted by Gasteiger charge is 2.57. The molecule has 5 amide bonds. The third-order valence-electron chi connectivity index (χ3n) is 4.59. The molecule has 1 aliphatic carbocycles. The molecule has 3 N–H and O–H groups in total. The molecule has 21 heavy (non-hydrogen) atoms. The van der Waals surface area contributed by atoms with Gasteiger partial charge in [-0.15, -0.1) is 0 Å². The van der Waals surface area contributed by atoms with E-state index in [4.69, 9.17) is 5.73 Å². The highest BCUT2D eigenvalue weighted by Crippen LogP contribution is 2.40. The lowest BCUT2D eigenvalue weighted by atomic mass is 9.75. The van der Waals surface area contributed by atoms with Crippen molar-refractivity contribution in [2.45, 2.75) is 57.9 Å². The minimum Gasteiger partial charge on any atom is -0.368 e. The molecule has 1 aliphatic heterocycles. The number of nitrogens with zero attached hydrogens (tertiary/aromatic N) is 1. The summed E-state index contributed by atoms with van der Waals surface area (Å²) in [5.41, 5.74) is 2.60. The van der Waals surface area contributed by atoms with Gasteiger partial charge in [0.1, 0.15) is 11.0 Å². The number of imide groups is 2. The summed E-state index contributed by atoms with van der Waals surface area (Å²) in [6.07, 6.45) is 4.20. The van der Waals surface area contributed by atoms with Crippen LogP contribution < -0.4 is 11.1 Å². The molecule has 1 heterocycles. The molecular weight excluding hydrogens is 274 g/mol. The summed E-state index contributed by atoms with van der Waals surface area (Å²) < 4.78 is 0. The summed E-state index contributed by atoms with van der Waals surface area (Å²) in [6.45, 7) is 2.82. The Hall–Kier alpha value is -1.92. The van der Waals surface area contributed by atoms with Gasteiger partial charge in [0.15, 0.2) is 0 Å².